The van der Waals surface area contributed by atoms with Crippen molar-refractivity contribution in [3.8, 4) is 0 Å². The van der Waals surface area contributed by atoms with Crippen molar-refractivity contribution >= 4 is 11.7 Å². The Labute approximate surface area is 120 Å². The summed E-state index contributed by atoms with van der Waals surface area (Å²) in [6.07, 6.45) is 0.186. The fraction of sp³-hybridized carbons (Fsp3) is 0.0833. The smallest absolute Gasteiger partial charge is 0.328 e. The summed E-state index contributed by atoms with van der Waals surface area (Å²) in [6.45, 7) is 0. The molecule has 114 valence electrons. The highest BCUT2D eigenvalue weighted by Gasteiger charge is 2.14. The molecule has 0 fully saturated rings. The number of aromatic nitrogens is 2. The predicted octanol–water partition coefficient (Wildman–Crippen LogP) is -0.218. The first-order valence-corrected chi connectivity index (χ1v) is 5.83. The predicted molar refractivity (Wildman–Crippen MR) is 69.7 cm³/mol. The molecule has 22 heavy (non-hydrogen) atoms. The van der Waals surface area contributed by atoms with E-state index in [1.54, 1.807) is 0 Å². The number of nitrogens with zero attached hydrogens (tertiary/aromatic N) is 2. The first-order chi connectivity index (χ1) is 10.4. The van der Waals surface area contributed by atoms with Gasteiger partial charge in [0.1, 0.15) is 0 Å². The molecule has 0 saturated carbocycles. The lowest BCUT2D eigenvalue weighted by Crippen LogP contribution is -2.43. The minimum atomic E-state index is -1.40. The second-order valence-electron chi connectivity index (χ2n) is 4.10. The maximum absolute atomic E-state index is 13.0. The number of nitrogens with one attached hydrogen (secondary N) is 1. The zero-order chi connectivity index (χ0) is 16.3. The summed E-state index contributed by atoms with van der Waals surface area (Å²) in [5.74, 6) is -2.30. The van der Waals surface area contributed by atoms with E-state index in [0.717, 1.165) is 0 Å². The van der Waals surface area contributed by atoms with Crippen LogP contribution >= 0.6 is 0 Å². The SMILES string of the molecule is O=C(Cc1ccc([N+](=O)[O-])cc1)On1c(=O)[nH]cc(F)c1=O. The molecular weight excluding hydrogens is 301 g/mol. The average molecular weight is 309 g/mol. The maximum Gasteiger partial charge on any atom is 0.362 e. The normalized spacial score (nSPS) is 10.2. The summed E-state index contributed by atoms with van der Waals surface area (Å²) >= 11 is 0. The largest absolute Gasteiger partial charge is 0.362 e. The molecular formula is C12H8FN3O6. The third kappa shape index (κ3) is 3.23. The van der Waals surface area contributed by atoms with Gasteiger partial charge in [-0.25, -0.2) is 9.59 Å². The summed E-state index contributed by atoms with van der Waals surface area (Å²) in [6, 6.07) is 5.00. The number of nitro groups is 1. The number of hydrogen-bond acceptors (Lipinski definition) is 6. The molecule has 0 bridgehead atoms. The van der Waals surface area contributed by atoms with Crippen LogP contribution in [0, 0.1) is 15.9 Å². The van der Waals surface area contributed by atoms with Crippen LogP contribution in [0.25, 0.3) is 0 Å². The van der Waals surface area contributed by atoms with Crippen LogP contribution in [0.3, 0.4) is 0 Å². The molecule has 1 N–H and O–H groups in total. The molecule has 0 unspecified atom stereocenters. The number of H-pyrrole nitrogens is 1. The van der Waals surface area contributed by atoms with Crippen LogP contribution in [-0.2, 0) is 11.2 Å². The fourth-order valence-electron chi connectivity index (χ4n) is 1.55. The Morgan fingerprint density at radius 1 is 1.32 bits per heavy atom. The van der Waals surface area contributed by atoms with Crippen molar-refractivity contribution in [1.82, 2.24) is 9.71 Å². The Morgan fingerprint density at radius 3 is 2.55 bits per heavy atom. The summed E-state index contributed by atoms with van der Waals surface area (Å²) in [7, 11) is 0. The Bertz CT molecular complexity index is 839. The van der Waals surface area contributed by atoms with Crippen molar-refractivity contribution in [2.24, 2.45) is 0 Å². The van der Waals surface area contributed by atoms with Gasteiger partial charge < -0.3 is 9.82 Å². The van der Waals surface area contributed by atoms with E-state index in [1.807, 2.05) is 4.98 Å². The molecule has 1 aromatic carbocycles. The number of carbonyl (C=O) groups excluding carboxylic acids is 1. The van der Waals surface area contributed by atoms with E-state index in [-0.39, 0.29) is 16.8 Å². The second kappa shape index (κ2) is 5.99. The number of halogens is 1. The monoisotopic (exact) mass is 309 g/mol. The minimum absolute atomic E-state index is 0.0386. The Kier molecular flexibility index (Phi) is 4.11. The Morgan fingerprint density at radius 2 is 1.95 bits per heavy atom. The number of nitro benzene ring substituents is 1. The van der Waals surface area contributed by atoms with Gasteiger partial charge in [-0.05, 0) is 5.56 Å². The fourth-order valence-corrected chi connectivity index (χ4v) is 1.55. The zero-order valence-corrected chi connectivity index (χ0v) is 10.8. The van der Waals surface area contributed by atoms with Crippen LogP contribution in [0.2, 0.25) is 0 Å². The van der Waals surface area contributed by atoms with E-state index in [0.29, 0.717) is 11.8 Å². The summed E-state index contributed by atoms with van der Waals surface area (Å²) in [5, 5.41) is 10.5. The topological polar surface area (TPSA) is 124 Å². The molecule has 10 heteroatoms. The third-order valence-electron chi connectivity index (χ3n) is 2.58. The molecule has 1 aromatic heterocycles. The molecule has 0 radical (unpaired) electrons. The van der Waals surface area contributed by atoms with Crippen LogP contribution in [0.15, 0.2) is 40.1 Å². The van der Waals surface area contributed by atoms with Gasteiger partial charge in [0.2, 0.25) is 5.82 Å². The first kappa shape index (κ1) is 15.1. The quantitative estimate of drug-likeness (QED) is 0.615. The second-order valence-corrected chi connectivity index (χ2v) is 4.10. The van der Waals surface area contributed by atoms with E-state index in [9.17, 15) is 28.9 Å². The van der Waals surface area contributed by atoms with Gasteiger partial charge in [0, 0.05) is 18.3 Å². The number of carbonyl (C=O) groups is 1. The molecule has 0 aliphatic heterocycles. The standard InChI is InChI=1S/C12H8FN3O6/c13-9-6-14-12(19)15(11(9)18)22-10(17)5-7-1-3-8(4-2-7)16(20)21/h1-4,6H,5H2,(H,14,19). The molecule has 2 aromatic rings. The van der Waals surface area contributed by atoms with Crippen molar-refractivity contribution in [3.05, 3.63) is 72.8 Å². The lowest BCUT2D eigenvalue weighted by Gasteiger charge is -2.04. The van der Waals surface area contributed by atoms with Gasteiger partial charge in [0.05, 0.1) is 11.3 Å². The lowest BCUT2D eigenvalue weighted by atomic mass is 10.1. The van der Waals surface area contributed by atoms with Crippen LogP contribution in [0.4, 0.5) is 10.1 Å². The number of aromatic amines is 1. The number of rotatable bonds is 4. The minimum Gasteiger partial charge on any atom is -0.328 e. The zero-order valence-electron chi connectivity index (χ0n) is 10.8. The third-order valence-corrected chi connectivity index (χ3v) is 2.58. The number of non-ortho nitro benzene ring substituents is 1. The van der Waals surface area contributed by atoms with Gasteiger partial charge in [-0.3, -0.25) is 14.9 Å². The maximum atomic E-state index is 13.0. The highest BCUT2D eigenvalue weighted by atomic mass is 19.1. The summed E-state index contributed by atoms with van der Waals surface area (Å²) < 4.78 is 13.0. The summed E-state index contributed by atoms with van der Waals surface area (Å²) in [4.78, 5) is 50.5. The Hall–Kier alpha value is -3.30. The summed E-state index contributed by atoms with van der Waals surface area (Å²) in [5.41, 5.74) is -2.31. The molecule has 0 spiro atoms. The van der Waals surface area contributed by atoms with E-state index in [1.165, 1.54) is 24.3 Å². The molecule has 2 rings (SSSR count). The van der Waals surface area contributed by atoms with Crippen molar-refractivity contribution in [2.75, 3.05) is 0 Å². The number of benzene rings is 1. The first-order valence-electron chi connectivity index (χ1n) is 5.83. The van der Waals surface area contributed by atoms with E-state index >= 15 is 0 Å². The molecule has 9 nitrogen and oxygen atoms in total. The van der Waals surface area contributed by atoms with Crippen LogP contribution < -0.4 is 16.1 Å². The molecule has 1 heterocycles. The highest BCUT2D eigenvalue weighted by Crippen LogP contribution is 2.12. The van der Waals surface area contributed by atoms with Crippen molar-refractivity contribution in [1.29, 1.82) is 0 Å². The van der Waals surface area contributed by atoms with E-state index in [4.69, 9.17) is 0 Å². The van der Waals surface area contributed by atoms with Gasteiger partial charge in [0.15, 0.2) is 0 Å². The van der Waals surface area contributed by atoms with Crippen molar-refractivity contribution < 1.29 is 18.9 Å². The van der Waals surface area contributed by atoms with Crippen molar-refractivity contribution in [3.63, 3.8) is 0 Å². The molecule has 0 aliphatic rings. The van der Waals surface area contributed by atoms with Crippen LogP contribution in [0.5, 0.6) is 0 Å². The molecule has 0 aliphatic carbocycles. The van der Waals surface area contributed by atoms with Crippen LogP contribution in [0.1, 0.15) is 5.56 Å². The van der Waals surface area contributed by atoms with Gasteiger partial charge >= 0.3 is 17.2 Å². The van der Waals surface area contributed by atoms with Gasteiger partial charge in [-0.15, -0.1) is 0 Å². The van der Waals surface area contributed by atoms with Gasteiger partial charge in [-0.1, -0.05) is 16.9 Å². The highest BCUT2D eigenvalue weighted by molar-refractivity contribution is 5.72. The molecule has 0 saturated heterocycles. The van der Waals surface area contributed by atoms with E-state index in [2.05, 4.69) is 4.84 Å². The van der Waals surface area contributed by atoms with Crippen molar-refractivity contribution in [2.45, 2.75) is 6.42 Å². The number of hydrogen-bond donors (Lipinski definition) is 1. The molecule has 0 amide bonds. The Balaban J connectivity index is 2.14. The van der Waals surface area contributed by atoms with E-state index < -0.39 is 28.0 Å². The average Bonchev–Trinajstić information content (AvgIpc) is 2.48. The van der Waals surface area contributed by atoms with Gasteiger partial charge in [-0.2, -0.15) is 4.39 Å². The van der Waals surface area contributed by atoms with Crippen LogP contribution in [-0.4, -0.2) is 20.6 Å². The van der Waals surface area contributed by atoms with Gasteiger partial charge in [0.25, 0.3) is 5.69 Å². The lowest BCUT2D eigenvalue weighted by molar-refractivity contribution is -0.384. The molecule has 0 atom stereocenters.